The number of amides is 2. The van der Waals surface area contributed by atoms with E-state index in [2.05, 4.69) is 16.2 Å². The van der Waals surface area contributed by atoms with E-state index in [1.165, 1.54) is 0 Å². The lowest BCUT2D eigenvalue weighted by Crippen LogP contribution is -2.34. The van der Waals surface area contributed by atoms with Gasteiger partial charge in [0, 0.05) is 0 Å². The van der Waals surface area contributed by atoms with Gasteiger partial charge in [0.25, 0.3) is 11.8 Å². The van der Waals surface area contributed by atoms with Gasteiger partial charge in [-0.15, -0.1) is 0 Å². The molecule has 0 fully saturated rings. The molecule has 0 bridgehead atoms. The molecule has 0 radical (unpaired) electrons. The number of halogens is 2. The Balaban J connectivity index is 3.84. The van der Waals surface area contributed by atoms with Gasteiger partial charge in [0.15, 0.2) is 0 Å². The van der Waals surface area contributed by atoms with Crippen molar-refractivity contribution in [3.05, 3.63) is 0 Å². The van der Waals surface area contributed by atoms with E-state index in [1.54, 1.807) is 0 Å². The second-order valence-corrected chi connectivity index (χ2v) is 2.37. The lowest BCUT2D eigenvalue weighted by Gasteiger charge is -2.09. The Morgan fingerprint density at radius 2 is 1.36 bits per heavy atom. The highest BCUT2D eigenvalue weighted by molar-refractivity contribution is 6.32. The molecule has 0 saturated heterocycles. The summed E-state index contributed by atoms with van der Waals surface area (Å²) in [5.41, 5.74) is 6.48. The summed E-state index contributed by atoms with van der Waals surface area (Å²) < 4.78 is 4.35. The molecule has 11 heavy (non-hydrogen) atoms. The fourth-order valence-corrected chi connectivity index (χ4v) is 0.497. The van der Waals surface area contributed by atoms with Crippen molar-refractivity contribution in [3.63, 3.8) is 0 Å². The molecule has 0 saturated carbocycles. The molecule has 0 aromatic heterocycles. The largest absolute Gasteiger partial charge is 0.366 e. The zero-order valence-corrected chi connectivity index (χ0v) is 6.80. The molecule has 0 spiro atoms. The smallest absolute Gasteiger partial charge is 0.262 e. The molecular weight excluding hydrogens is 195 g/mol. The summed E-state index contributed by atoms with van der Waals surface area (Å²) in [7, 11) is 0. The van der Waals surface area contributed by atoms with Crippen molar-refractivity contribution in [3.8, 4) is 0 Å². The Morgan fingerprint density at radius 3 is 1.55 bits per heavy atom. The lowest BCUT2D eigenvalue weighted by atomic mass is 10.6. The highest BCUT2D eigenvalue weighted by Gasteiger charge is 2.20. The van der Waals surface area contributed by atoms with E-state index in [-0.39, 0.29) is 0 Å². The van der Waals surface area contributed by atoms with Crippen molar-refractivity contribution in [2.45, 2.75) is 11.1 Å². The summed E-state index contributed by atoms with van der Waals surface area (Å²) in [4.78, 5) is 20.4. The van der Waals surface area contributed by atoms with Gasteiger partial charge in [-0.1, -0.05) is 23.2 Å². The number of carbonyl (C=O) groups excluding carboxylic acids is 2. The van der Waals surface area contributed by atoms with E-state index in [0.717, 1.165) is 0 Å². The zero-order chi connectivity index (χ0) is 9.02. The number of nitrogens with two attached hydrogens (primary N) is 2. The minimum atomic E-state index is -1.44. The molecule has 7 heteroatoms. The second kappa shape index (κ2) is 4.38. The van der Waals surface area contributed by atoms with Crippen LogP contribution in [0.25, 0.3) is 0 Å². The molecule has 0 aliphatic carbocycles. The predicted octanol–water partition coefficient (Wildman–Crippen LogP) is -0.897. The van der Waals surface area contributed by atoms with Gasteiger partial charge in [-0.2, -0.15) is 0 Å². The van der Waals surface area contributed by atoms with E-state index in [9.17, 15) is 9.59 Å². The maximum Gasteiger partial charge on any atom is 0.262 e. The van der Waals surface area contributed by atoms with Gasteiger partial charge in [-0.05, 0) is 0 Å². The fourth-order valence-electron chi connectivity index (χ4n) is 0.239. The Kier molecular flexibility index (Phi) is 4.17. The third-order valence-electron chi connectivity index (χ3n) is 0.686. The summed E-state index contributed by atoms with van der Waals surface area (Å²) in [5.74, 6) is -1.86. The number of hydrogen-bond donors (Lipinski definition) is 2. The normalized spacial score (nSPS) is 15.5. The summed E-state index contributed by atoms with van der Waals surface area (Å²) in [5, 5.41) is 0. The zero-order valence-electron chi connectivity index (χ0n) is 5.29. The van der Waals surface area contributed by atoms with Crippen LogP contribution >= 0.6 is 23.2 Å². The summed E-state index contributed by atoms with van der Waals surface area (Å²) in [6.45, 7) is 0. The molecule has 0 heterocycles. The quantitative estimate of drug-likeness (QED) is 0.577. The molecule has 0 rings (SSSR count). The first-order chi connectivity index (χ1) is 4.95. The van der Waals surface area contributed by atoms with E-state index in [1.807, 2.05) is 0 Å². The van der Waals surface area contributed by atoms with E-state index in [4.69, 9.17) is 23.2 Å². The van der Waals surface area contributed by atoms with Crippen LogP contribution < -0.4 is 11.5 Å². The van der Waals surface area contributed by atoms with Crippen molar-refractivity contribution in [1.29, 1.82) is 0 Å². The third kappa shape index (κ3) is 4.02. The van der Waals surface area contributed by atoms with Gasteiger partial charge in [0.2, 0.25) is 11.1 Å². The minimum Gasteiger partial charge on any atom is -0.366 e. The molecule has 0 aliphatic rings. The maximum atomic E-state index is 10.2. The third-order valence-corrected chi connectivity index (χ3v) is 1.32. The van der Waals surface area contributed by atoms with Gasteiger partial charge in [-0.3, -0.25) is 9.59 Å². The molecule has 2 unspecified atom stereocenters. The molecule has 4 N–H and O–H groups in total. The molecule has 0 aliphatic heterocycles. The molecule has 0 aromatic carbocycles. The number of ether oxygens (including phenoxy) is 1. The first kappa shape index (κ1) is 10.5. The van der Waals surface area contributed by atoms with Crippen molar-refractivity contribution in [2.24, 2.45) is 11.5 Å². The van der Waals surface area contributed by atoms with Crippen LogP contribution in [0.4, 0.5) is 0 Å². The van der Waals surface area contributed by atoms with Crippen LogP contribution in [0, 0.1) is 0 Å². The van der Waals surface area contributed by atoms with Crippen LogP contribution in [0.3, 0.4) is 0 Å². The van der Waals surface area contributed by atoms with Gasteiger partial charge in [0.1, 0.15) is 0 Å². The van der Waals surface area contributed by atoms with E-state index < -0.39 is 22.9 Å². The van der Waals surface area contributed by atoms with Crippen molar-refractivity contribution in [1.82, 2.24) is 0 Å². The number of hydrogen-bond acceptors (Lipinski definition) is 3. The van der Waals surface area contributed by atoms with E-state index in [0.29, 0.717) is 0 Å². The van der Waals surface area contributed by atoms with Gasteiger partial charge in [-0.25, -0.2) is 0 Å². The van der Waals surface area contributed by atoms with Crippen LogP contribution in [0.5, 0.6) is 0 Å². The SMILES string of the molecule is NC(=O)C(Cl)OC(Cl)C(N)=O. The number of primary amides is 2. The molecule has 2 atom stereocenters. The number of rotatable bonds is 4. The monoisotopic (exact) mass is 200 g/mol. The Bertz CT molecular complexity index is 157. The van der Waals surface area contributed by atoms with Crippen molar-refractivity contribution in [2.75, 3.05) is 0 Å². The van der Waals surface area contributed by atoms with Gasteiger partial charge < -0.3 is 16.2 Å². The fraction of sp³-hybridized carbons (Fsp3) is 0.500. The van der Waals surface area contributed by atoms with E-state index >= 15 is 0 Å². The first-order valence-electron chi connectivity index (χ1n) is 2.47. The minimum absolute atomic E-state index is 0.932. The highest BCUT2D eigenvalue weighted by atomic mass is 35.5. The summed E-state index contributed by atoms with van der Waals surface area (Å²) in [6.07, 6.45) is 0. The molecule has 2 amide bonds. The summed E-state index contributed by atoms with van der Waals surface area (Å²) >= 11 is 10.3. The molecular formula is C4H6Cl2N2O3. The molecule has 0 aromatic rings. The van der Waals surface area contributed by atoms with Gasteiger partial charge in [0.05, 0.1) is 0 Å². The molecule has 64 valence electrons. The van der Waals surface area contributed by atoms with Crippen LogP contribution in [-0.2, 0) is 14.3 Å². The van der Waals surface area contributed by atoms with Crippen molar-refractivity contribution < 1.29 is 14.3 Å². The average molecular weight is 201 g/mol. The Hall–Kier alpha value is -0.520. The summed E-state index contributed by atoms with van der Waals surface area (Å²) in [6, 6.07) is 0. The average Bonchev–Trinajstić information content (AvgIpc) is 1.87. The van der Waals surface area contributed by atoms with Crippen LogP contribution in [0.1, 0.15) is 0 Å². The van der Waals surface area contributed by atoms with Crippen molar-refractivity contribution >= 4 is 35.0 Å². The number of alkyl halides is 2. The van der Waals surface area contributed by atoms with Crippen LogP contribution in [0.15, 0.2) is 0 Å². The van der Waals surface area contributed by atoms with Crippen LogP contribution in [-0.4, -0.2) is 22.9 Å². The van der Waals surface area contributed by atoms with Gasteiger partial charge >= 0.3 is 0 Å². The number of carbonyl (C=O) groups is 2. The Labute approximate surface area is 72.6 Å². The lowest BCUT2D eigenvalue weighted by molar-refractivity contribution is -0.132. The standard InChI is InChI=1S/C4H6Cl2N2O3/c5-1(3(7)9)11-2(6)4(8)10/h1-2H,(H2,7,9)(H2,8,10). The first-order valence-corrected chi connectivity index (χ1v) is 3.34. The predicted molar refractivity (Wildman–Crippen MR) is 38.8 cm³/mol. The second-order valence-electron chi connectivity index (χ2n) is 1.57. The molecule has 5 nitrogen and oxygen atoms in total. The van der Waals surface area contributed by atoms with Crippen LogP contribution in [0.2, 0.25) is 0 Å². The highest BCUT2D eigenvalue weighted by Crippen LogP contribution is 2.05. The Morgan fingerprint density at radius 1 is 1.09 bits per heavy atom. The topological polar surface area (TPSA) is 95.4 Å². The maximum absolute atomic E-state index is 10.2.